The van der Waals surface area contributed by atoms with Gasteiger partial charge in [0.2, 0.25) is 0 Å². The largest absolute Gasteiger partial charge is 0.379 e. The fourth-order valence-electron chi connectivity index (χ4n) is 1.69. The Morgan fingerprint density at radius 1 is 1.38 bits per heavy atom. The molecule has 0 atom stereocenters. The van der Waals surface area contributed by atoms with Gasteiger partial charge in [-0.25, -0.2) is 0 Å². The lowest BCUT2D eigenvalue weighted by Crippen LogP contribution is -2.40. The minimum absolute atomic E-state index is 0. The molecule has 0 spiro atoms. The molecule has 1 N–H and O–H groups in total. The van der Waals surface area contributed by atoms with Crippen molar-refractivity contribution in [1.29, 1.82) is 0 Å². The molecular weight excluding hydrogens is 244 g/mol. The lowest BCUT2D eigenvalue weighted by atomic mass is 10.3. The van der Waals surface area contributed by atoms with Gasteiger partial charge in [-0.15, -0.1) is 12.4 Å². The van der Waals surface area contributed by atoms with Crippen molar-refractivity contribution < 1.29 is 4.74 Å². The molecule has 0 radical (unpaired) electrons. The highest BCUT2D eigenvalue weighted by Gasteiger charge is 2.08. The molecule has 16 heavy (non-hydrogen) atoms. The van der Waals surface area contributed by atoms with Gasteiger partial charge in [0.05, 0.1) is 13.2 Å². The minimum Gasteiger partial charge on any atom is -0.379 e. The molecule has 2 rings (SSSR count). The third kappa shape index (κ3) is 4.80. The standard InChI is InChI=1S/C11H18N2OS.ClH/c1-8-15-10-11(1)9-12-2-3-13-4-6-14-7-5-13;/h1,8,10,12H,2-7,9H2;1H. The predicted molar refractivity (Wildman–Crippen MR) is 70.5 cm³/mol. The first-order valence-corrected chi connectivity index (χ1v) is 6.41. The maximum absolute atomic E-state index is 5.30. The van der Waals surface area contributed by atoms with Gasteiger partial charge in [-0.1, -0.05) is 0 Å². The molecule has 1 saturated heterocycles. The molecule has 0 amide bonds. The van der Waals surface area contributed by atoms with Crippen molar-refractivity contribution in [1.82, 2.24) is 10.2 Å². The normalized spacial score (nSPS) is 17.0. The zero-order valence-electron chi connectivity index (χ0n) is 9.35. The Kier molecular flexibility index (Phi) is 7.00. The average molecular weight is 263 g/mol. The Labute approximate surface area is 107 Å². The third-order valence-corrected chi connectivity index (χ3v) is 3.35. The molecule has 1 aromatic heterocycles. The summed E-state index contributed by atoms with van der Waals surface area (Å²) in [4.78, 5) is 2.45. The van der Waals surface area contributed by atoms with Crippen LogP contribution in [0.2, 0.25) is 0 Å². The molecule has 92 valence electrons. The first-order chi connectivity index (χ1) is 7.45. The number of ether oxygens (including phenoxy) is 1. The molecule has 1 aromatic rings. The van der Waals surface area contributed by atoms with E-state index in [9.17, 15) is 0 Å². The topological polar surface area (TPSA) is 24.5 Å². The van der Waals surface area contributed by atoms with E-state index in [1.807, 2.05) is 0 Å². The van der Waals surface area contributed by atoms with E-state index in [4.69, 9.17) is 4.74 Å². The second kappa shape index (κ2) is 8.03. The molecule has 0 unspecified atom stereocenters. The van der Waals surface area contributed by atoms with Gasteiger partial charge in [-0.3, -0.25) is 4.90 Å². The summed E-state index contributed by atoms with van der Waals surface area (Å²) < 4.78 is 5.30. The number of nitrogens with zero attached hydrogens (tertiary/aromatic N) is 1. The molecule has 1 aliphatic heterocycles. The Morgan fingerprint density at radius 3 is 2.88 bits per heavy atom. The van der Waals surface area contributed by atoms with Crippen LogP contribution in [0.3, 0.4) is 0 Å². The van der Waals surface area contributed by atoms with Gasteiger partial charge in [0, 0.05) is 32.7 Å². The lowest BCUT2D eigenvalue weighted by molar-refractivity contribution is 0.0384. The van der Waals surface area contributed by atoms with Gasteiger partial charge in [-0.05, 0) is 22.4 Å². The molecular formula is C11H19ClN2OS. The molecule has 3 nitrogen and oxygen atoms in total. The summed E-state index contributed by atoms with van der Waals surface area (Å²) in [7, 11) is 0. The van der Waals surface area contributed by atoms with Crippen molar-refractivity contribution in [2.24, 2.45) is 0 Å². The highest BCUT2D eigenvalue weighted by molar-refractivity contribution is 7.07. The highest BCUT2D eigenvalue weighted by atomic mass is 35.5. The van der Waals surface area contributed by atoms with E-state index < -0.39 is 0 Å². The van der Waals surface area contributed by atoms with Crippen molar-refractivity contribution in [3.8, 4) is 0 Å². The Balaban J connectivity index is 0.00000128. The van der Waals surface area contributed by atoms with Crippen LogP contribution in [-0.4, -0.2) is 44.3 Å². The van der Waals surface area contributed by atoms with Crippen molar-refractivity contribution in [3.05, 3.63) is 22.4 Å². The Morgan fingerprint density at radius 2 is 2.19 bits per heavy atom. The van der Waals surface area contributed by atoms with Crippen LogP contribution in [0.5, 0.6) is 0 Å². The Bertz CT molecular complexity index is 263. The van der Waals surface area contributed by atoms with Gasteiger partial charge in [0.15, 0.2) is 0 Å². The summed E-state index contributed by atoms with van der Waals surface area (Å²) in [6.45, 7) is 7.15. The van der Waals surface area contributed by atoms with E-state index in [-0.39, 0.29) is 12.4 Å². The van der Waals surface area contributed by atoms with Crippen LogP contribution in [0.25, 0.3) is 0 Å². The zero-order valence-corrected chi connectivity index (χ0v) is 11.0. The van der Waals surface area contributed by atoms with Crippen LogP contribution < -0.4 is 5.32 Å². The summed E-state index contributed by atoms with van der Waals surface area (Å²) in [6, 6.07) is 2.17. The second-order valence-corrected chi connectivity index (χ2v) is 4.54. The minimum atomic E-state index is 0. The van der Waals surface area contributed by atoms with E-state index in [0.717, 1.165) is 45.9 Å². The summed E-state index contributed by atoms with van der Waals surface area (Å²) in [5.41, 5.74) is 1.39. The summed E-state index contributed by atoms with van der Waals surface area (Å²) in [5.74, 6) is 0. The summed E-state index contributed by atoms with van der Waals surface area (Å²) >= 11 is 1.76. The van der Waals surface area contributed by atoms with Gasteiger partial charge in [-0.2, -0.15) is 11.3 Å². The van der Waals surface area contributed by atoms with Crippen LogP contribution in [0.15, 0.2) is 16.8 Å². The molecule has 2 heterocycles. The van der Waals surface area contributed by atoms with Crippen molar-refractivity contribution >= 4 is 23.7 Å². The first kappa shape index (κ1) is 13.9. The van der Waals surface area contributed by atoms with Crippen molar-refractivity contribution in [2.75, 3.05) is 39.4 Å². The number of nitrogens with one attached hydrogen (secondary N) is 1. The molecule has 0 aromatic carbocycles. The zero-order chi connectivity index (χ0) is 10.3. The van der Waals surface area contributed by atoms with E-state index in [0.29, 0.717) is 0 Å². The van der Waals surface area contributed by atoms with Crippen LogP contribution in [-0.2, 0) is 11.3 Å². The van der Waals surface area contributed by atoms with Crippen LogP contribution in [0.1, 0.15) is 5.56 Å². The lowest BCUT2D eigenvalue weighted by Gasteiger charge is -2.26. The monoisotopic (exact) mass is 262 g/mol. The smallest absolute Gasteiger partial charge is 0.0594 e. The van der Waals surface area contributed by atoms with Gasteiger partial charge < -0.3 is 10.1 Å². The molecule has 0 bridgehead atoms. The number of thiophene rings is 1. The second-order valence-electron chi connectivity index (χ2n) is 3.76. The number of rotatable bonds is 5. The maximum Gasteiger partial charge on any atom is 0.0594 e. The molecule has 1 aliphatic rings. The molecule has 1 fully saturated rings. The molecule has 0 saturated carbocycles. The average Bonchev–Trinajstić information content (AvgIpc) is 2.79. The fraction of sp³-hybridized carbons (Fsp3) is 0.636. The predicted octanol–water partition coefficient (Wildman–Crippen LogP) is 1.59. The first-order valence-electron chi connectivity index (χ1n) is 5.47. The van der Waals surface area contributed by atoms with Crippen LogP contribution in [0, 0.1) is 0 Å². The van der Waals surface area contributed by atoms with Gasteiger partial charge >= 0.3 is 0 Å². The van der Waals surface area contributed by atoms with Crippen LogP contribution >= 0.6 is 23.7 Å². The third-order valence-electron chi connectivity index (χ3n) is 2.62. The quantitative estimate of drug-likeness (QED) is 0.816. The SMILES string of the molecule is Cl.c1cc(CNCCN2CCOCC2)cs1. The number of hydrogen-bond acceptors (Lipinski definition) is 4. The molecule has 0 aliphatic carbocycles. The summed E-state index contributed by atoms with van der Waals surface area (Å²) in [6.07, 6.45) is 0. The number of hydrogen-bond donors (Lipinski definition) is 1. The van der Waals surface area contributed by atoms with E-state index >= 15 is 0 Å². The Hall–Kier alpha value is -0.130. The van der Waals surface area contributed by atoms with E-state index in [1.165, 1.54) is 5.56 Å². The van der Waals surface area contributed by atoms with Crippen LogP contribution in [0.4, 0.5) is 0 Å². The number of morpholine rings is 1. The van der Waals surface area contributed by atoms with E-state index in [2.05, 4.69) is 27.0 Å². The van der Waals surface area contributed by atoms with E-state index in [1.54, 1.807) is 11.3 Å². The summed E-state index contributed by atoms with van der Waals surface area (Å²) in [5, 5.41) is 7.78. The van der Waals surface area contributed by atoms with Crippen molar-refractivity contribution in [2.45, 2.75) is 6.54 Å². The van der Waals surface area contributed by atoms with Gasteiger partial charge in [0.25, 0.3) is 0 Å². The highest BCUT2D eigenvalue weighted by Crippen LogP contribution is 2.04. The number of halogens is 1. The van der Waals surface area contributed by atoms with Gasteiger partial charge in [0.1, 0.15) is 0 Å². The maximum atomic E-state index is 5.30. The fourth-order valence-corrected chi connectivity index (χ4v) is 2.36. The molecule has 5 heteroatoms. The van der Waals surface area contributed by atoms with Crippen molar-refractivity contribution in [3.63, 3.8) is 0 Å².